The molecule has 1 aliphatic heterocycles. The predicted octanol–water partition coefficient (Wildman–Crippen LogP) is 3.46. The van der Waals surface area contributed by atoms with Gasteiger partial charge in [-0.05, 0) is 42.5 Å². The number of nitrogens with one attached hydrogen (secondary N) is 1. The van der Waals surface area contributed by atoms with Crippen LogP contribution in [0.4, 0.5) is 5.69 Å². The molecule has 32 heavy (non-hydrogen) atoms. The van der Waals surface area contributed by atoms with Crippen molar-refractivity contribution in [2.45, 2.75) is 54.5 Å². The third-order valence-electron chi connectivity index (χ3n) is 5.98. The van der Waals surface area contributed by atoms with Gasteiger partial charge in [-0.15, -0.1) is 23.1 Å². The fourth-order valence-corrected chi connectivity index (χ4v) is 7.12. The number of thioether (sulfide) groups is 1. The highest BCUT2D eigenvalue weighted by atomic mass is 32.2. The smallest absolute Gasteiger partial charge is 0.243 e. The minimum Gasteiger partial charge on any atom is -0.350 e. The minimum absolute atomic E-state index is 0.0000724. The third kappa shape index (κ3) is 5.03. The normalized spacial score (nSPS) is 17.4. The summed E-state index contributed by atoms with van der Waals surface area (Å²) in [4.78, 5) is 28.5. The Kier molecular flexibility index (Phi) is 7.24. The Balaban J connectivity index is 1.54. The van der Waals surface area contributed by atoms with E-state index in [9.17, 15) is 18.0 Å². The molecule has 0 unspecified atom stereocenters. The second-order valence-electron chi connectivity index (χ2n) is 8.07. The van der Waals surface area contributed by atoms with Crippen LogP contribution in [0.25, 0.3) is 0 Å². The third-order valence-corrected chi connectivity index (χ3v) is 9.81. The molecule has 1 N–H and O–H groups in total. The molecule has 2 aromatic rings. The average molecular weight is 494 g/mol. The van der Waals surface area contributed by atoms with E-state index < -0.39 is 10.0 Å². The van der Waals surface area contributed by atoms with Gasteiger partial charge in [-0.25, -0.2) is 8.42 Å². The lowest BCUT2D eigenvalue weighted by Crippen LogP contribution is -2.43. The summed E-state index contributed by atoms with van der Waals surface area (Å²) < 4.78 is 28.1. The first-order valence-corrected chi connectivity index (χ1v) is 14.0. The lowest BCUT2D eigenvalue weighted by Gasteiger charge is -2.32. The maximum absolute atomic E-state index is 13.3. The Labute approximate surface area is 197 Å². The summed E-state index contributed by atoms with van der Waals surface area (Å²) in [5.41, 5.74) is 0.482. The number of thiophene rings is 1. The van der Waals surface area contributed by atoms with Crippen LogP contribution in [-0.2, 0) is 26.2 Å². The van der Waals surface area contributed by atoms with Crippen molar-refractivity contribution >= 4 is 50.6 Å². The summed E-state index contributed by atoms with van der Waals surface area (Å²) in [6.45, 7) is 0.264. The molecule has 2 aliphatic rings. The number of rotatable bonds is 7. The van der Waals surface area contributed by atoms with Crippen molar-refractivity contribution in [2.24, 2.45) is 0 Å². The topological polar surface area (TPSA) is 86.8 Å². The van der Waals surface area contributed by atoms with Crippen molar-refractivity contribution in [3.63, 3.8) is 0 Å². The van der Waals surface area contributed by atoms with Crippen molar-refractivity contribution in [1.82, 2.24) is 9.62 Å². The number of sulfonamides is 1. The number of anilines is 1. The molecule has 1 aliphatic carbocycles. The molecule has 1 aromatic carbocycles. The highest BCUT2D eigenvalue weighted by Crippen LogP contribution is 2.38. The van der Waals surface area contributed by atoms with Crippen LogP contribution in [-0.4, -0.2) is 49.9 Å². The van der Waals surface area contributed by atoms with E-state index in [2.05, 4.69) is 5.32 Å². The zero-order chi connectivity index (χ0) is 22.7. The van der Waals surface area contributed by atoms with Crippen molar-refractivity contribution in [3.8, 4) is 0 Å². The van der Waals surface area contributed by atoms with E-state index in [1.807, 2.05) is 17.5 Å². The average Bonchev–Trinajstić information content (AvgIpc) is 3.33. The SMILES string of the molecule is CN(C1CCCCC1)S(=O)(=O)c1ccc2c(c1)N(CC(=O)NCc1cccs1)C(=O)CS2. The van der Waals surface area contributed by atoms with Crippen LogP contribution in [0.15, 0.2) is 45.5 Å². The van der Waals surface area contributed by atoms with Crippen LogP contribution in [0.2, 0.25) is 0 Å². The molecule has 2 amide bonds. The molecule has 0 saturated heterocycles. The van der Waals surface area contributed by atoms with Gasteiger partial charge in [0, 0.05) is 22.9 Å². The maximum Gasteiger partial charge on any atom is 0.243 e. The fraction of sp³-hybridized carbons (Fsp3) is 0.455. The van der Waals surface area contributed by atoms with E-state index in [-0.39, 0.29) is 35.0 Å². The van der Waals surface area contributed by atoms with Gasteiger partial charge in [0.2, 0.25) is 21.8 Å². The molecule has 4 rings (SSSR count). The van der Waals surface area contributed by atoms with Crippen LogP contribution in [0, 0.1) is 0 Å². The second kappa shape index (κ2) is 9.94. The molecule has 0 spiro atoms. The molecule has 1 fully saturated rings. The summed E-state index contributed by atoms with van der Waals surface area (Å²) in [6, 6.07) is 8.74. The van der Waals surface area contributed by atoms with Gasteiger partial charge >= 0.3 is 0 Å². The zero-order valence-corrected chi connectivity index (χ0v) is 20.4. The van der Waals surface area contributed by atoms with E-state index in [0.29, 0.717) is 12.2 Å². The van der Waals surface area contributed by atoms with Gasteiger partial charge in [-0.3, -0.25) is 9.59 Å². The standard InChI is InChI=1S/C22H27N3O4S3/c1-24(16-6-3-2-4-7-16)32(28,29)18-9-10-20-19(12-18)25(22(27)15-31-20)14-21(26)23-13-17-8-5-11-30-17/h5,8-12,16H,2-4,6-7,13-15H2,1H3,(H,23,26). The molecule has 2 heterocycles. The summed E-state index contributed by atoms with van der Waals surface area (Å²) in [7, 11) is -2.06. The molecular weight excluding hydrogens is 466 g/mol. The van der Waals surface area contributed by atoms with Crippen molar-refractivity contribution < 1.29 is 18.0 Å². The monoisotopic (exact) mass is 493 g/mol. The van der Waals surface area contributed by atoms with E-state index >= 15 is 0 Å². The summed E-state index contributed by atoms with van der Waals surface area (Å²) >= 11 is 2.91. The van der Waals surface area contributed by atoms with Crippen LogP contribution in [0.1, 0.15) is 37.0 Å². The van der Waals surface area contributed by atoms with E-state index in [1.165, 1.54) is 21.0 Å². The van der Waals surface area contributed by atoms with Crippen LogP contribution >= 0.6 is 23.1 Å². The first-order chi connectivity index (χ1) is 15.4. The van der Waals surface area contributed by atoms with Crippen molar-refractivity contribution in [3.05, 3.63) is 40.6 Å². The van der Waals surface area contributed by atoms with Gasteiger partial charge in [0.15, 0.2) is 0 Å². The molecule has 172 valence electrons. The number of nitrogens with zero attached hydrogens (tertiary/aromatic N) is 2. The lowest BCUT2D eigenvalue weighted by molar-refractivity contribution is -0.123. The number of amides is 2. The Morgan fingerprint density at radius 1 is 1.22 bits per heavy atom. The number of carbonyl (C=O) groups excluding carboxylic acids is 2. The van der Waals surface area contributed by atoms with E-state index in [0.717, 1.165) is 41.9 Å². The number of benzene rings is 1. The quantitative estimate of drug-likeness (QED) is 0.638. The molecule has 7 nitrogen and oxygen atoms in total. The molecule has 0 radical (unpaired) electrons. The Bertz CT molecular complexity index is 1080. The minimum atomic E-state index is -3.69. The Hall–Kier alpha value is -1.88. The summed E-state index contributed by atoms with van der Waals surface area (Å²) in [6.07, 6.45) is 4.95. The van der Waals surface area contributed by atoms with Crippen molar-refractivity contribution in [2.75, 3.05) is 24.2 Å². The fourth-order valence-electron chi connectivity index (χ4n) is 4.12. The predicted molar refractivity (Wildman–Crippen MR) is 128 cm³/mol. The molecule has 0 bridgehead atoms. The Morgan fingerprint density at radius 3 is 2.72 bits per heavy atom. The van der Waals surface area contributed by atoms with Crippen molar-refractivity contribution in [1.29, 1.82) is 0 Å². The molecular formula is C22H27N3O4S3. The first-order valence-electron chi connectivity index (χ1n) is 10.7. The molecule has 1 saturated carbocycles. The number of carbonyl (C=O) groups is 2. The van der Waals surface area contributed by atoms with Gasteiger partial charge in [0.1, 0.15) is 6.54 Å². The van der Waals surface area contributed by atoms with Gasteiger partial charge < -0.3 is 10.2 Å². The number of fused-ring (bicyclic) bond motifs is 1. The Morgan fingerprint density at radius 2 is 2.00 bits per heavy atom. The van der Waals surface area contributed by atoms with Gasteiger partial charge in [0.05, 0.1) is 22.9 Å². The highest BCUT2D eigenvalue weighted by Gasteiger charge is 2.32. The van der Waals surface area contributed by atoms with Crippen LogP contribution in [0.3, 0.4) is 0 Å². The summed E-state index contributed by atoms with van der Waals surface area (Å²) in [5.74, 6) is -0.264. The number of hydrogen-bond donors (Lipinski definition) is 1. The van der Waals surface area contributed by atoms with E-state index in [1.54, 1.807) is 36.6 Å². The van der Waals surface area contributed by atoms with Gasteiger partial charge in [0.25, 0.3) is 0 Å². The molecule has 1 aromatic heterocycles. The lowest BCUT2D eigenvalue weighted by atomic mass is 9.96. The largest absolute Gasteiger partial charge is 0.350 e. The number of hydrogen-bond acceptors (Lipinski definition) is 6. The van der Waals surface area contributed by atoms with E-state index in [4.69, 9.17) is 0 Å². The zero-order valence-electron chi connectivity index (χ0n) is 18.0. The molecule has 0 atom stereocenters. The maximum atomic E-state index is 13.3. The first kappa shape index (κ1) is 23.3. The van der Waals surface area contributed by atoms with Gasteiger partial charge in [-0.2, -0.15) is 4.31 Å². The van der Waals surface area contributed by atoms with Crippen LogP contribution < -0.4 is 10.2 Å². The summed E-state index contributed by atoms with van der Waals surface area (Å²) in [5, 5.41) is 4.77. The molecule has 10 heteroatoms. The second-order valence-corrected chi connectivity index (χ2v) is 12.1. The van der Waals surface area contributed by atoms with Crippen LogP contribution in [0.5, 0.6) is 0 Å². The van der Waals surface area contributed by atoms with Gasteiger partial charge in [-0.1, -0.05) is 25.3 Å². The highest BCUT2D eigenvalue weighted by molar-refractivity contribution is 8.00.